The number of nitrogens with zero attached hydrogens (tertiary/aromatic N) is 7. The molecule has 0 spiro atoms. The highest BCUT2D eigenvalue weighted by molar-refractivity contribution is 6.34. The van der Waals surface area contributed by atoms with Crippen molar-refractivity contribution in [1.29, 1.82) is 0 Å². The minimum absolute atomic E-state index is 0.0300. The molecule has 6 rings (SSSR count). The molecule has 0 unspecified atom stereocenters. The van der Waals surface area contributed by atoms with Gasteiger partial charge in [-0.15, -0.1) is 5.10 Å². The number of fused-ring (bicyclic) bond motifs is 2. The van der Waals surface area contributed by atoms with Crippen molar-refractivity contribution in [3.63, 3.8) is 0 Å². The minimum atomic E-state index is -0.444. The van der Waals surface area contributed by atoms with Crippen LogP contribution in [0.25, 0.3) is 11.0 Å². The summed E-state index contributed by atoms with van der Waals surface area (Å²) in [5.74, 6) is 0.0300. The average molecular weight is 468 g/mol. The van der Waals surface area contributed by atoms with Gasteiger partial charge in [-0.05, 0) is 31.4 Å². The van der Waals surface area contributed by atoms with E-state index in [9.17, 15) is 10.1 Å². The number of nitro groups is 1. The van der Waals surface area contributed by atoms with Crippen LogP contribution in [0.3, 0.4) is 0 Å². The Morgan fingerprint density at radius 3 is 2.87 bits per heavy atom. The fraction of sp³-hybridized carbons (Fsp3) is 0.556. The molecular weight excluding hydrogens is 449 g/mol. The highest BCUT2D eigenvalue weighted by Crippen LogP contribution is 2.51. The first-order valence-electron chi connectivity index (χ1n) is 9.86. The van der Waals surface area contributed by atoms with Crippen molar-refractivity contribution in [2.24, 2.45) is 5.41 Å². The molecule has 2 bridgehead atoms. The molecule has 0 atom stereocenters. The maximum absolute atomic E-state index is 11.6. The number of aryl methyl sites for hydroxylation is 1. The first-order valence-corrected chi connectivity index (χ1v) is 10.6. The highest BCUT2D eigenvalue weighted by Gasteiger charge is 2.52. The average Bonchev–Trinajstić information content (AvgIpc) is 3.43. The molecule has 31 heavy (non-hydrogen) atoms. The van der Waals surface area contributed by atoms with Crippen LogP contribution in [-0.2, 0) is 17.8 Å². The van der Waals surface area contributed by atoms with Crippen LogP contribution in [0.1, 0.15) is 25.0 Å². The van der Waals surface area contributed by atoms with Crippen molar-refractivity contribution in [3.8, 4) is 5.88 Å². The molecule has 11 nitrogen and oxygen atoms in total. The Balaban J connectivity index is 1.26. The topological polar surface area (TPSA) is 123 Å². The molecule has 3 aromatic heterocycles. The predicted octanol–water partition coefficient (Wildman–Crippen LogP) is 3.19. The summed E-state index contributed by atoms with van der Waals surface area (Å²) in [5.41, 5.74) is 0.947. The first kappa shape index (κ1) is 20.4. The molecule has 2 saturated heterocycles. The van der Waals surface area contributed by atoms with Gasteiger partial charge >= 0.3 is 11.6 Å². The van der Waals surface area contributed by atoms with Crippen LogP contribution in [-0.4, -0.2) is 53.8 Å². The smallest absolute Gasteiger partial charge is 0.352 e. The van der Waals surface area contributed by atoms with Gasteiger partial charge in [0.05, 0.1) is 29.6 Å². The predicted molar refractivity (Wildman–Crippen MR) is 110 cm³/mol. The molecule has 2 aliphatic heterocycles. The third-order valence-electron chi connectivity index (χ3n) is 5.93. The molecule has 0 amide bonds. The molecule has 164 valence electrons. The molecule has 1 aliphatic carbocycles. The molecule has 13 heteroatoms. The van der Waals surface area contributed by atoms with Crippen molar-refractivity contribution in [3.05, 3.63) is 32.4 Å². The number of hydrogen-bond acceptors (Lipinski definition) is 8. The van der Waals surface area contributed by atoms with Gasteiger partial charge in [-0.25, -0.2) is 9.67 Å². The van der Waals surface area contributed by atoms with E-state index >= 15 is 0 Å². The van der Waals surface area contributed by atoms with Crippen LogP contribution >= 0.6 is 23.2 Å². The lowest BCUT2D eigenvalue weighted by molar-refractivity contribution is -0.386. The van der Waals surface area contributed by atoms with Crippen molar-refractivity contribution < 1.29 is 14.4 Å². The van der Waals surface area contributed by atoms with Gasteiger partial charge in [0.15, 0.2) is 10.8 Å². The molecule has 1 saturated carbocycles. The molecule has 3 aromatic rings. The van der Waals surface area contributed by atoms with Crippen LogP contribution < -0.4 is 4.74 Å². The van der Waals surface area contributed by atoms with Gasteiger partial charge in [0, 0.05) is 31.1 Å². The van der Waals surface area contributed by atoms with Crippen LogP contribution in [0.2, 0.25) is 10.4 Å². The van der Waals surface area contributed by atoms with E-state index in [-0.39, 0.29) is 34.0 Å². The molecule has 0 aromatic carbocycles. The van der Waals surface area contributed by atoms with Gasteiger partial charge < -0.3 is 9.47 Å². The summed E-state index contributed by atoms with van der Waals surface area (Å²) in [6, 6.07) is 0. The standard InChI is InChI=1S/C18H19Cl2N7O4/c1-10-13(27(28)29)16(24-26(10)8-18-5-11(6-18)31-9-18)30-4-2-3-25-15-12(14(19)23-25)7-21-17(20)22-15/h7,11H,2-6,8-9H2,1H3. The number of hydrogen-bond donors (Lipinski definition) is 0. The van der Waals surface area contributed by atoms with Crippen molar-refractivity contribution >= 4 is 39.9 Å². The molecule has 0 radical (unpaired) electrons. The Bertz CT molecular complexity index is 1170. The van der Waals surface area contributed by atoms with Crippen LogP contribution in [0.15, 0.2) is 6.20 Å². The maximum Gasteiger partial charge on any atom is 0.352 e. The Morgan fingerprint density at radius 2 is 2.16 bits per heavy atom. The number of aromatic nitrogens is 6. The third kappa shape index (κ3) is 3.60. The Morgan fingerprint density at radius 1 is 1.35 bits per heavy atom. The van der Waals surface area contributed by atoms with Gasteiger partial charge in [-0.2, -0.15) is 10.1 Å². The summed E-state index contributed by atoms with van der Waals surface area (Å²) in [6.07, 6.45) is 4.31. The Labute approximate surface area is 186 Å². The van der Waals surface area contributed by atoms with Gasteiger partial charge in [-0.3, -0.25) is 14.8 Å². The molecule has 0 N–H and O–H groups in total. The normalized spacial score (nSPS) is 22.1. The third-order valence-corrected chi connectivity index (χ3v) is 6.39. The first-order chi connectivity index (χ1) is 14.8. The zero-order valence-corrected chi connectivity index (χ0v) is 18.1. The molecule has 5 heterocycles. The summed E-state index contributed by atoms with van der Waals surface area (Å²) in [6.45, 7) is 3.62. The molecule has 3 fully saturated rings. The van der Waals surface area contributed by atoms with E-state index in [4.69, 9.17) is 32.7 Å². The summed E-state index contributed by atoms with van der Waals surface area (Å²) >= 11 is 12.0. The van der Waals surface area contributed by atoms with Crippen molar-refractivity contribution in [1.82, 2.24) is 29.5 Å². The molecular formula is C18H19Cl2N7O4. The maximum atomic E-state index is 11.6. The Kier molecular flexibility index (Phi) is 4.98. The zero-order valence-electron chi connectivity index (χ0n) is 16.6. The summed E-state index contributed by atoms with van der Waals surface area (Å²) in [5, 5.41) is 21.2. The number of halogens is 2. The van der Waals surface area contributed by atoms with Crippen molar-refractivity contribution in [2.45, 2.75) is 45.4 Å². The monoisotopic (exact) mass is 467 g/mol. The van der Waals surface area contributed by atoms with E-state index in [1.807, 2.05) is 0 Å². The van der Waals surface area contributed by atoms with Crippen molar-refractivity contribution in [2.75, 3.05) is 13.2 Å². The lowest BCUT2D eigenvalue weighted by Gasteiger charge is -2.35. The van der Waals surface area contributed by atoms with E-state index in [2.05, 4.69) is 20.2 Å². The summed E-state index contributed by atoms with van der Waals surface area (Å²) in [7, 11) is 0. The number of rotatable bonds is 8. The molecule has 3 aliphatic rings. The lowest BCUT2D eigenvalue weighted by Crippen LogP contribution is -2.37. The SMILES string of the molecule is Cc1c([N+](=O)[O-])c(OCCCn2nc(Cl)c3cnc(Cl)nc32)nn1CC12COC(C1)C2. The van der Waals surface area contributed by atoms with Crippen LogP contribution in [0.4, 0.5) is 5.69 Å². The van der Waals surface area contributed by atoms with Gasteiger partial charge in [0.2, 0.25) is 5.28 Å². The fourth-order valence-corrected chi connectivity index (χ4v) is 4.69. The summed E-state index contributed by atoms with van der Waals surface area (Å²) in [4.78, 5) is 19.2. The second-order valence-corrected chi connectivity index (χ2v) is 8.78. The van der Waals surface area contributed by atoms with Crippen LogP contribution in [0, 0.1) is 22.5 Å². The van der Waals surface area contributed by atoms with Gasteiger partial charge in [0.25, 0.3) is 0 Å². The minimum Gasteiger partial charge on any atom is -0.472 e. The van der Waals surface area contributed by atoms with Gasteiger partial charge in [0.1, 0.15) is 5.69 Å². The van der Waals surface area contributed by atoms with E-state index in [1.165, 1.54) is 6.20 Å². The second kappa shape index (κ2) is 7.57. The van der Waals surface area contributed by atoms with E-state index in [0.717, 1.165) is 12.8 Å². The zero-order chi connectivity index (χ0) is 21.8. The largest absolute Gasteiger partial charge is 0.472 e. The lowest BCUT2D eigenvalue weighted by atomic mass is 9.70. The van der Waals surface area contributed by atoms with E-state index < -0.39 is 4.92 Å². The fourth-order valence-electron chi connectivity index (χ4n) is 4.34. The highest BCUT2D eigenvalue weighted by atomic mass is 35.5. The van der Waals surface area contributed by atoms with Gasteiger partial charge in [-0.1, -0.05) is 11.6 Å². The van der Waals surface area contributed by atoms with Crippen LogP contribution in [0.5, 0.6) is 5.88 Å². The van der Waals surface area contributed by atoms with E-state index in [0.29, 0.717) is 48.9 Å². The number of ether oxygens (including phenoxy) is 2. The second-order valence-electron chi connectivity index (χ2n) is 8.09. The van der Waals surface area contributed by atoms with E-state index in [1.54, 1.807) is 16.3 Å². The Hall–Kier alpha value is -2.50. The quantitative estimate of drug-likeness (QED) is 0.214. The summed E-state index contributed by atoms with van der Waals surface area (Å²) < 4.78 is 14.6.